The van der Waals surface area contributed by atoms with Crippen LogP contribution in [-0.2, 0) is 14.6 Å². The predicted octanol–water partition coefficient (Wildman–Crippen LogP) is -0.387. The van der Waals surface area contributed by atoms with Crippen molar-refractivity contribution >= 4 is 15.7 Å². The zero-order valence-corrected chi connectivity index (χ0v) is 12.5. The zero-order chi connectivity index (χ0) is 15.5. The summed E-state index contributed by atoms with van der Waals surface area (Å²) in [6.07, 6.45) is 1.98. The van der Waals surface area contributed by atoms with E-state index in [1.54, 1.807) is 6.92 Å². The van der Waals surface area contributed by atoms with Gasteiger partial charge in [0, 0.05) is 24.5 Å². The van der Waals surface area contributed by atoms with Gasteiger partial charge < -0.3 is 15.0 Å². The number of rotatable bonds is 5. The van der Waals surface area contributed by atoms with Gasteiger partial charge in [-0.2, -0.15) is 0 Å². The standard InChI is InChI=1S/C13H18N2O5S/c1-9-4-11(16)12(6-14-9)20-7-13(17)15-5-10-2-3-21(18,19)8-10/h4,6,10H,2-3,5,7-8H2,1H3,(H,14,16)(H,15,17)/t10-/m0/s1. The molecule has 8 heteroatoms. The summed E-state index contributed by atoms with van der Waals surface area (Å²) in [5.74, 6) is -0.0330. The van der Waals surface area contributed by atoms with Crippen molar-refractivity contribution in [3.8, 4) is 5.75 Å². The quantitative estimate of drug-likeness (QED) is 0.770. The third-order valence-corrected chi connectivity index (χ3v) is 5.13. The van der Waals surface area contributed by atoms with Gasteiger partial charge in [-0.05, 0) is 19.3 Å². The molecule has 0 bridgehead atoms. The molecule has 1 aliphatic rings. The first-order valence-corrected chi connectivity index (χ1v) is 8.47. The Balaban J connectivity index is 1.76. The van der Waals surface area contributed by atoms with E-state index in [2.05, 4.69) is 10.3 Å². The van der Waals surface area contributed by atoms with Crippen LogP contribution in [0.15, 0.2) is 17.1 Å². The van der Waals surface area contributed by atoms with Gasteiger partial charge in [0.1, 0.15) is 0 Å². The monoisotopic (exact) mass is 314 g/mol. The van der Waals surface area contributed by atoms with Crippen LogP contribution >= 0.6 is 0 Å². The second kappa shape index (κ2) is 6.30. The number of ether oxygens (including phenoxy) is 1. The molecular formula is C13H18N2O5S. The fourth-order valence-corrected chi connectivity index (χ4v) is 4.02. The minimum Gasteiger partial charge on any atom is -0.478 e. The van der Waals surface area contributed by atoms with Gasteiger partial charge in [-0.3, -0.25) is 9.59 Å². The molecule has 1 aromatic rings. The van der Waals surface area contributed by atoms with Gasteiger partial charge in [0.15, 0.2) is 22.2 Å². The molecule has 1 aromatic heterocycles. The number of sulfone groups is 1. The maximum Gasteiger partial charge on any atom is 0.257 e. The molecule has 1 atom stereocenters. The molecule has 0 saturated carbocycles. The highest BCUT2D eigenvalue weighted by molar-refractivity contribution is 7.91. The number of amides is 1. The van der Waals surface area contributed by atoms with Crippen molar-refractivity contribution in [1.82, 2.24) is 10.3 Å². The van der Waals surface area contributed by atoms with Gasteiger partial charge >= 0.3 is 0 Å². The van der Waals surface area contributed by atoms with Crippen molar-refractivity contribution in [2.45, 2.75) is 13.3 Å². The van der Waals surface area contributed by atoms with Crippen molar-refractivity contribution in [3.05, 3.63) is 28.2 Å². The fourth-order valence-electron chi connectivity index (χ4n) is 2.16. The SMILES string of the molecule is Cc1cc(=O)c(OCC(=O)NC[C@@H]2CCS(=O)(=O)C2)c[nH]1. The Morgan fingerprint density at radius 1 is 1.52 bits per heavy atom. The summed E-state index contributed by atoms with van der Waals surface area (Å²) in [4.78, 5) is 26.0. The fraction of sp³-hybridized carbons (Fsp3) is 0.538. The largest absolute Gasteiger partial charge is 0.478 e. The number of carbonyl (C=O) groups is 1. The lowest BCUT2D eigenvalue weighted by molar-refractivity contribution is -0.123. The number of carbonyl (C=O) groups excluding carboxylic acids is 1. The highest BCUT2D eigenvalue weighted by Crippen LogP contribution is 2.17. The van der Waals surface area contributed by atoms with E-state index in [9.17, 15) is 18.0 Å². The Morgan fingerprint density at radius 3 is 2.90 bits per heavy atom. The summed E-state index contributed by atoms with van der Waals surface area (Å²) in [5, 5.41) is 2.62. The molecule has 21 heavy (non-hydrogen) atoms. The highest BCUT2D eigenvalue weighted by Gasteiger charge is 2.27. The van der Waals surface area contributed by atoms with Crippen molar-refractivity contribution in [2.24, 2.45) is 5.92 Å². The second-order valence-corrected chi connectivity index (χ2v) is 7.44. The van der Waals surface area contributed by atoms with Gasteiger partial charge in [-0.1, -0.05) is 0 Å². The first-order chi connectivity index (χ1) is 9.85. The molecule has 1 amide bonds. The Morgan fingerprint density at radius 2 is 2.29 bits per heavy atom. The summed E-state index contributed by atoms with van der Waals surface area (Å²) in [5.41, 5.74) is 0.417. The Kier molecular flexibility index (Phi) is 4.66. The number of aromatic nitrogens is 1. The van der Waals surface area contributed by atoms with Gasteiger partial charge in [-0.25, -0.2) is 8.42 Å². The van der Waals surface area contributed by atoms with Crippen LogP contribution in [0, 0.1) is 12.8 Å². The minimum atomic E-state index is -2.94. The lowest BCUT2D eigenvalue weighted by Gasteiger charge is -2.10. The van der Waals surface area contributed by atoms with E-state index < -0.39 is 9.84 Å². The van der Waals surface area contributed by atoms with Crippen LogP contribution in [0.3, 0.4) is 0 Å². The van der Waals surface area contributed by atoms with Gasteiger partial charge in [-0.15, -0.1) is 0 Å². The molecule has 1 fully saturated rings. The molecular weight excluding hydrogens is 296 g/mol. The summed E-state index contributed by atoms with van der Waals surface area (Å²) in [7, 11) is -2.94. The lowest BCUT2D eigenvalue weighted by Crippen LogP contribution is -2.34. The van der Waals surface area contributed by atoms with Gasteiger partial charge in [0.05, 0.1) is 11.5 Å². The van der Waals surface area contributed by atoms with E-state index in [0.717, 1.165) is 0 Å². The summed E-state index contributed by atoms with van der Waals surface area (Å²) in [6.45, 7) is 1.78. The molecule has 2 rings (SSSR count). The van der Waals surface area contributed by atoms with E-state index in [1.165, 1.54) is 12.3 Å². The van der Waals surface area contributed by atoms with Crippen LogP contribution in [0.25, 0.3) is 0 Å². The van der Waals surface area contributed by atoms with Crippen LogP contribution in [0.4, 0.5) is 0 Å². The van der Waals surface area contributed by atoms with Crippen LogP contribution < -0.4 is 15.5 Å². The first-order valence-electron chi connectivity index (χ1n) is 6.65. The zero-order valence-electron chi connectivity index (χ0n) is 11.7. The average molecular weight is 314 g/mol. The van der Waals surface area contributed by atoms with Gasteiger partial charge in [0.25, 0.3) is 5.91 Å². The summed E-state index contributed by atoms with van der Waals surface area (Å²) >= 11 is 0. The number of aromatic amines is 1. The maximum atomic E-state index is 11.6. The molecule has 116 valence electrons. The lowest BCUT2D eigenvalue weighted by atomic mass is 10.1. The number of aryl methyl sites for hydroxylation is 1. The summed E-state index contributed by atoms with van der Waals surface area (Å²) in [6, 6.07) is 1.39. The number of H-pyrrole nitrogens is 1. The van der Waals surface area contributed by atoms with E-state index in [0.29, 0.717) is 18.7 Å². The molecule has 0 aliphatic carbocycles. The van der Waals surface area contributed by atoms with Crippen LogP contribution in [0.5, 0.6) is 5.75 Å². The van der Waals surface area contributed by atoms with Crippen molar-refractivity contribution < 1.29 is 17.9 Å². The Labute approximate surface area is 122 Å². The molecule has 2 N–H and O–H groups in total. The molecule has 0 spiro atoms. The van der Waals surface area contributed by atoms with Crippen molar-refractivity contribution in [1.29, 1.82) is 0 Å². The Bertz CT molecular complexity index is 680. The number of nitrogens with one attached hydrogen (secondary N) is 2. The van der Waals surface area contributed by atoms with Gasteiger partial charge in [0.2, 0.25) is 5.43 Å². The smallest absolute Gasteiger partial charge is 0.257 e. The van der Waals surface area contributed by atoms with E-state index in [4.69, 9.17) is 4.74 Å². The molecule has 0 aromatic carbocycles. The first kappa shape index (κ1) is 15.6. The van der Waals surface area contributed by atoms with Crippen LogP contribution in [0.2, 0.25) is 0 Å². The third kappa shape index (κ3) is 4.59. The maximum absolute atomic E-state index is 11.6. The molecule has 2 heterocycles. The molecule has 0 radical (unpaired) electrons. The average Bonchev–Trinajstić information content (AvgIpc) is 2.75. The van der Waals surface area contributed by atoms with Crippen LogP contribution in [-0.4, -0.2) is 44.0 Å². The van der Waals surface area contributed by atoms with E-state index in [-0.39, 0.29) is 41.1 Å². The normalized spacial score (nSPS) is 20.1. The van der Waals surface area contributed by atoms with E-state index >= 15 is 0 Å². The van der Waals surface area contributed by atoms with Crippen molar-refractivity contribution in [3.63, 3.8) is 0 Å². The van der Waals surface area contributed by atoms with Crippen molar-refractivity contribution in [2.75, 3.05) is 24.7 Å². The topological polar surface area (TPSA) is 105 Å². The number of pyridine rings is 1. The summed E-state index contributed by atoms with van der Waals surface area (Å²) < 4.78 is 27.7. The minimum absolute atomic E-state index is 0.0401. The third-order valence-electron chi connectivity index (χ3n) is 3.29. The second-order valence-electron chi connectivity index (χ2n) is 5.21. The Hall–Kier alpha value is -1.83. The molecule has 1 saturated heterocycles. The van der Waals surface area contributed by atoms with E-state index in [1.807, 2.05) is 0 Å². The van der Waals surface area contributed by atoms with Crippen LogP contribution in [0.1, 0.15) is 12.1 Å². The number of hydrogen-bond acceptors (Lipinski definition) is 5. The predicted molar refractivity (Wildman–Crippen MR) is 77.1 cm³/mol. The molecule has 0 unspecified atom stereocenters. The molecule has 1 aliphatic heterocycles. The highest BCUT2D eigenvalue weighted by atomic mass is 32.2. The molecule has 7 nitrogen and oxygen atoms in total. The number of hydrogen-bond donors (Lipinski definition) is 2.